The molecule has 0 bridgehead atoms. The van der Waals surface area contributed by atoms with Gasteiger partial charge in [-0.05, 0) is 38.3 Å². The van der Waals surface area contributed by atoms with Crippen LogP contribution in [-0.2, 0) is 0 Å². The monoisotopic (exact) mass is 262 g/mol. The van der Waals surface area contributed by atoms with Gasteiger partial charge in [0, 0.05) is 24.7 Å². The number of halogens is 1. The molecule has 1 aromatic carbocycles. The summed E-state index contributed by atoms with van der Waals surface area (Å²) in [5.74, 6) is -0.0816. The van der Waals surface area contributed by atoms with Crippen LogP contribution in [0.5, 0.6) is 0 Å². The van der Waals surface area contributed by atoms with E-state index in [2.05, 4.69) is 17.1 Å². The molecule has 104 valence electrons. The quantitative estimate of drug-likeness (QED) is 0.836. The summed E-state index contributed by atoms with van der Waals surface area (Å²) in [6.07, 6.45) is 5.05. The second-order valence-corrected chi connectivity index (χ2v) is 6.25. The third-order valence-electron chi connectivity index (χ3n) is 4.81. The van der Waals surface area contributed by atoms with Crippen molar-refractivity contribution in [1.29, 1.82) is 0 Å². The first-order valence-corrected chi connectivity index (χ1v) is 7.38. The number of nitrogens with zero attached hydrogens (tertiary/aromatic N) is 1. The number of benzene rings is 1. The van der Waals surface area contributed by atoms with Crippen LogP contribution >= 0.6 is 0 Å². The minimum Gasteiger partial charge on any atom is -0.363 e. The molecule has 0 aromatic heterocycles. The predicted molar refractivity (Wildman–Crippen MR) is 77.1 cm³/mol. The zero-order chi connectivity index (χ0) is 13.5. The molecular weight excluding hydrogens is 239 g/mol. The number of piperazine rings is 1. The zero-order valence-corrected chi connectivity index (χ0v) is 11.9. The van der Waals surface area contributed by atoms with Gasteiger partial charge in [-0.3, -0.25) is 0 Å². The molecule has 1 aliphatic heterocycles. The Morgan fingerprint density at radius 1 is 1.32 bits per heavy atom. The van der Waals surface area contributed by atoms with Crippen molar-refractivity contribution in [3.8, 4) is 0 Å². The minimum atomic E-state index is -0.0816. The Kier molecular flexibility index (Phi) is 3.25. The Morgan fingerprint density at radius 2 is 2.05 bits per heavy atom. The first kappa shape index (κ1) is 12.9. The third-order valence-corrected chi connectivity index (χ3v) is 4.81. The molecule has 1 unspecified atom stereocenters. The molecule has 2 fully saturated rings. The van der Waals surface area contributed by atoms with Gasteiger partial charge in [-0.15, -0.1) is 0 Å². The highest BCUT2D eigenvalue weighted by atomic mass is 19.1. The molecule has 0 amide bonds. The molecule has 3 heteroatoms. The van der Waals surface area contributed by atoms with Crippen LogP contribution in [0.3, 0.4) is 0 Å². The Balaban J connectivity index is 1.93. The lowest BCUT2D eigenvalue weighted by Crippen LogP contribution is -2.62. The van der Waals surface area contributed by atoms with Crippen LogP contribution in [0.4, 0.5) is 10.1 Å². The minimum absolute atomic E-state index is 0.0816. The van der Waals surface area contributed by atoms with E-state index in [9.17, 15) is 4.39 Å². The van der Waals surface area contributed by atoms with Crippen molar-refractivity contribution >= 4 is 5.69 Å². The van der Waals surface area contributed by atoms with Crippen LogP contribution in [0.2, 0.25) is 0 Å². The summed E-state index contributed by atoms with van der Waals surface area (Å²) in [5.41, 5.74) is 2.07. The van der Waals surface area contributed by atoms with Gasteiger partial charge < -0.3 is 10.2 Å². The second-order valence-electron chi connectivity index (χ2n) is 6.25. The average molecular weight is 262 g/mol. The molecule has 1 saturated carbocycles. The smallest absolute Gasteiger partial charge is 0.146 e. The van der Waals surface area contributed by atoms with Gasteiger partial charge in [-0.2, -0.15) is 0 Å². The predicted octanol–water partition coefficient (Wildman–Crippen LogP) is 3.25. The first-order chi connectivity index (χ1) is 9.11. The van der Waals surface area contributed by atoms with E-state index in [0.29, 0.717) is 6.04 Å². The maximum atomic E-state index is 14.2. The fraction of sp³-hybridized carbons (Fsp3) is 0.625. The number of para-hydroxylation sites is 1. The Labute approximate surface area is 115 Å². The summed E-state index contributed by atoms with van der Waals surface area (Å²) in [5, 5.41) is 3.72. The van der Waals surface area contributed by atoms with E-state index in [4.69, 9.17) is 0 Å². The largest absolute Gasteiger partial charge is 0.363 e. The summed E-state index contributed by atoms with van der Waals surface area (Å²) in [7, 11) is 0. The number of rotatable bonds is 1. The number of anilines is 1. The van der Waals surface area contributed by atoms with Crippen LogP contribution in [0.15, 0.2) is 18.2 Å². The van der Waals surface area contributed by atoms with Crippen molar-refractivity contribution < 1.29 is 4.39 Å². The standard InChI is InChI=1S/C16H23FN2/c1-12-6-5-7-14(17)15(12)19-11-16(8-3-4-9-16)18-10-13(19)2/h5-7,13,18H,3-4,8-11H2,1-2H3. The molecule has 1 N–H and O–H groups in total. The number of nitrogens with one attached hydrogen (secondary N) is 1. The van der Waals surface area contributed by atoms with Crippen LogP contribution in [-0.4, -0.2) is 24.7 Å². The van der Waals surface area contributed by atoms with Crippen molar-refractivity contribution in [2.24, 2.45) is 0 Å². The van der Waals surface area contributed by atoms with Crippen LogP contribution < -0.4 is 10.2 Å². The molecular formula is C16H23FN2. The molecule has 1 atom stereocenters. The van der Waals surface area contributed by atoms with Crippen molar-refractivity contribution in [2.45, 2.75) is 51.1 Å². The highest BCUT2D eigenvalue weighted by molar-refractivity contribution is 5.56. The zero-order valence-electron chi connectivity index (χ0n) is 11.9. The highest BCUT2D eigenvalue weighted by Gasteiger charge is 2.40. The first-order valence-electron chi connectivity index (χ1n) is 7.38. The summed E-state index contributed by atoms with van der Waals surface area (Å²) < 4.78 is 14.2. The average Bonchev–Trinajstić information content (AvgIpc) is 2.82. The van der Waals surface area contributed by atoms with E-state index in [0.717, 1.165) is 24.3 Å². The van der Waals surface area contributed by atoms with Crippen molar-refractivity contribution in [3.63, 3.8) is 0 Å². The molecule has 3 rings (SSSR count). The third kappa shape index (κ3) is 2.25. The highest BCUT2D eigenvalue weighted by Crippen LogP contribution is 2.36. The fourth-order valence-electron chi connectivity index (χ4n) is 3.69. The second kappa shape index (κ2) is 4.78. The molecule has 1 saturated heterocycles. The molecule has 2 aliphatic rings. The SMILES string of the molecule is Cc1cccc(F)c1N1CC2(CCCC2)NCC1C. The molecule has 1 aliphatic carbocycles. The Morgan fingerprint density at radius 3 is 2.74 bits per heavy atom. The summed E-state index contributed by atoms with van der Waals surface area (Å²) >= 11 is 0. The summed E-state index contributed by atoms with van der Waals surface area (Å²) in [6.45, 7) is 6.08. The van der Waals surface area contributed by atoms with E-state index in [1.54, 1.807) is 12.1 Å². The lowest BCUT2D eigenvalue weighted by molar-refractivity contribution is 0.275. The van der Waals surface area contributed by atoms with E-state index in [1.165, 1.54) is 25.7 Å². The molecule has 1 heterocycles. The topological polar surface area (TPSA) is 15.3 Å². The van der Waals surface area contributed by atoms with Gasteiger partial charge in [0.15, 0.2) is 0 Å². The number of hydrogen-bond donors (Lipinski definition) is 1. The molecule has 19 heavy (non-hydrogen) atoms. The Hall–Kier alpha value is -1.09. The van der Waals surface area contributed by atoms with Gasteiger partial charge >= 0.3 is 0 Å². The van der Waals surface area contributed by atoms with E-state index in [1.807, 2.05) is 13.0 Å². The van der Waals surface area contributed by atoms with Gasteiger partial charge in [-0.25, -0.2) is 4.39 Å². The van der Waals surface area contributed by atoms with Crippen LogP contribution in [0.1, 0.15) is 38.2 Å². The van der Waals surface area contributed by atoms with Crippen LogP contribution in [0, 0.1) is 12.7 Å². The molecule has 2 nitrogen and oxygen atoms in total. The van der Waals surface area contributed by atoms with Gasteiger partial charge in [0.1, 0.15) is 5.82 Å². The summed E-state index contributed by atoms with van der Waals surface area (Å²) in [4.78, 5) is 2.28. The normalized spacial score (nSPS) is 26.1. The van der Waals surface area contributed by atoms with Gasteiger partial charge in [-0.1, -0.05) is 25.0 Å². The number of aryl methyl sites for hydroxylation is 1. The maximum Gasteiger partial charge on any atom is 0.146 e. The lowest BCUT2D eigenvalue weighted by Gasteiger charge is -2.47. The summed E-state index contributed by atoms with van der Waals surface area (Å²) in [6, 6.07) is 5.74. The van der Waals surface area contributed by atoms with Crippen molar-refractivity contribution in [1.82, 2.24) is 5.32 Å². The lowest BCUT2D eigenvalue weighted by atomic mass is 9.91. The van der Waals surface area contributed by atoms with E-state index in [-0.39, 0.29) is 11.4 Å². The van der Waals surface area contributed by atoms with Gasteiger partial charge in [0.05, 0.1) is 5.69 Å². The van der Waals surface area contributed by atoms with Gasteiger partial charge in [0.25, 0.3) is 0 Å². The molecule has 1 aromatic rings. The van der Waals surface area contributed by atoms with E-state index < -0.39 is 0 Å². The fourth-order valence-corrected chi connectivity index (χ4v) is 3.69. The van der Waals surface area contributed by atoms with Crippen LogP contribution in [0.25, 0.3) is 0 Å². The van der Waals surface area contributed by atoms with Crippen molar-refractivity contribution in [2.75, 3.05) is 18.0 Å². The Bertz CT molecular complexity index is 446. The number of hydrogen-bond acceptors (Lipinski definition) is 2. The maximum absolute atomic E-state index is 14.2. The van der Waals surface area contributed by atoms with Gasteiger partial charge in [0.2, 0.25) is 0 Å². The van der Waals surface area contributed by atoms with Crippen molar-refractivity contribution in [3.05, 3.63) is 29.6 Å². The molecule has 1 spiro atoms. The molecule has 0 radical (unpaired) electrons. The van der Waals surface area contributed by atoms with E-state index >= 15 is 0 Å².